The van der Waals surface area contributed by atoms with Gasteiger partial charge in [0.2, 0.25) is 23.6 Å². The predicted octanol–water partition coefficient (Wildman–Crippen LogP) is 1.42. The Bertz CT molecular complexity index is 2100. The van der Waals surface area contributed by atoms with E-state index in [9.17, 15) is 62.7 Å². The van der Waals surface area contributed by atoms with Gasteiger partial charge in [-0.25, -0.2) is 28.6 Å². The average Bonchev–Trinajstić information content (AvgIpc) is 3.82. The number of hydrogen-bond donors (Lipinski definition) is 11. The highest BCUT2D eigenvalue weighted by Crippen LogP contribution is 2.61. The minimum atomic E-state index is -5.60. The second kappa shape index (κ2) is 28.0. The van der Waals surface area contributed by atoms with Crippen molar-refractivity contribution in [1.29, 1.82) is 0 Å². The minimum absolute atomic E-state index is 0.0245. The van der Waals surface area contributed by atoms with Gasteiger partial charge in [0, 0.05) is 30.7 Å². The zero-order valence-electron chi connectivity index (χ0n) is 38.1. The Morgan fingerprint density at radius 3 is 2.16 bits per heavy atom. The molecule has 4 unspecified atom stereocenters. The summed E-state index contributed by atoms with van der Waals surface area (Å²) in [6.45, 7) is 2.32. The highest BCUT2D eigenvalue weighted by atomic mass is 32.2. The van der Waals surface area contributed by atoms with Crippen molar-refractivity contribution >= 4 is 75.8 Å². The van der Waals surface area contributed by atoms with E-state index < -0.39 is 95.7 Å². The standard InChI is InChI=1S/C37H66N9O18P3S/c1-4-5-6-7-8-9-10-11-12-13-14-25(34(51)42-19-26(38)47)68-18-17-40-27(48)15-16-41-35(52)31(50)37(2,3)21-61-67(58,59)64-66(56,57)60-20-24-30(63-65(53,54)55)29(49)36(62-24)46-23-45-28-32(39)43-22-44-33(28)46/h22-25,29-31,36,49-50H,4-21H2,1-3H3,(H2,38,47)(H,40,48)(H,41,52)(H,42,51)(H,56,57)(H,58,59)(H2,39,43,44)(H2,53,54,55)/t24-,25?,29-,30-,31?,36-/m1/s1. The summed E-state index contributed by atoms with van der Waals surface area (Å²) in [5, 5.41) is 28.8. The Morgan fingerprint density at radius 1 is 0.897 bits per heavy atom. The van der Waals surface area contributed by atoms with Crippen LogP contribution in [0.25, 0.3) is 11.2 Å². The number of nitrogen functional groups attached to an aromatic ring is 1. The molecule has 0 aromatic carbocycles. The van der Waals surface area contributed by atoms with Crippen molar-refractivity contribution in [3.05, 3.63) is 12.7 Å². The number of anilines is 1. The predicted molar refractivity (Wildman–Crippen MR) is 245 cm³/mol. The third kappa shape index (κ3) is 20.7. The van der Waals surface area contributed by atoms with Crippen molar-refractivity contribution in [1.82, 2.24) is 35.5 Å². The number of aliphatic hydroxyl groups excluding tert-OH is 2. The molecule has 0 radical (unpaired) electrons. The Hall–Kier alpha value is -3.17. The molecule has 31 heteroatoms. The lowest BCUT2D eigenvalue weighted by Crippen LogP contribution is -2.46. The SMILES string of the molecule is CCCCCCCCCCCCC(SCCNC(=O)CCNC(=O)C(O)C(C)(C)COP(=O)(O)OP(=O)(O)OC[C@H]1O[C@@H](n2cnc3c(N)ncnc32)[C@H](O)[C@@H]1OP(=O)(O)O)C(=O)NCC(N)=O. The number of amides is 4. The molecular weight excluding hydrogens is 983 g/mol. The molecule has 8 atom stereocenters. The first-order valence-corrected chi connectivity index (χ1v) is 27.5. The molecule has 27 nitrogen and oxygen atoms in total. The number of phosphoric acid groups is 3. The maximum Gasteiger partial charge on any atom is 0.481 e. The molecule has 1 aliphatic heterocycles. The highest BCUT2D eigenvalue weighted by molar-refractivity contribution is 8.00. The lowest BCUT2D eigenvalue weighted by molar-refractivity contribution is -0.137. The summed E-state index contributed by atoms with van der Waals surface area (Å²) in [7, 11) is -16.5. The molecule has 1 aliphatic rings. The first-order valence-electron chi connectivity index (χ1n) is 21.9. The van der Waals surface area contributed by atoms with Gasteiger partial charge in [0.25, 0.3) is 0 Å². The smallest absolute Gasteiger partial charge is 0.386 e. The van der Waals surface area contributed by atoms with Gasteiger partial charge in [0.1, 0.15) is 36.3 Å². The van der Waals surface area contributed by atoms with Crippen LogP contribution in [-0.4, -0.2) is 141 Å². The van der Waals surface area contributed by atoms with Crippen LogP contribution in [0.15, 0.2) is 12.7 Å². The van der Waals surface area contributed by atoms with Crippen LogP contribution < -0.4 is 27.4 Å². The fourth-order valence-electron chi connectivity index (χ4n) is 6.73. The van der Waals surface area contributed by atoms with Gasteiger partial charge in [-0.1, -0.05) is 85.0 Å². The van der Waals surface area contributed by atoms with Crippen LogP contribution in [-0.2, 0) is 55.5 Å². The Labute approximate surface area is 397 Å². The number of carbonyl (C=O) groups is 4. The zero-order valence-corrected chi connectivity index (χ0v) is 41.6. The van der Waals surface area contributed by atoms with E-state index >= 15 is 0 Å². The summed E-state index contributed by atoms with van der Waals surface area (Å²) in [4.78, 5) is 100. The number of imidazole rings is 1. The molecular formula is C37H66N9O18P3S. The van der Waals surface area contributed by atoms with Gasteiger partial charge in [-0.3, -0.25) is 37.3 Å². The second-order valence-corrected chi connectivity index (χ2v) is 22.1. The fourth-order valence-corrected chi connectivity index (χ4v) is 10.6. The number of thioether (sulfide) groups is 1. The number of aliphatic hydroxyl groups is 2. The summed E-state index contributed by atoms with van der Waals surface area (Å²) in [5.74, 6) is -2.10. The lowest BCUT2D eigenvalue weighted by atomic mass is 9.87. The second-order valence-electron chi connectivity index (χ2n) is 16.6. The number of fused-ring (bicyclic) bond motifs is 1. The monoisotopic (exact) mass is 1050 g/mol. The largest absolute Gasteiger partial charge is 0.481 e. The van der Waals surface area contributed by atoms with Crippen molar-refractivity contribution in [2.45, 2.75) is 134 Å². The topological polar surface area (TPSA) is 419 Å². The summed E-state index contributed by atoms with van der Waals surface area (Å²) in [5.41, 5.74) is 9.42. The van der Waals surface area contributed by atoms with Crippen molar-refractivity contribution in [3.8, 4) is 0 Å². The minimum Gasteiger partial charge on any atom is -0.386 e. The lowest BCUT2D eigenvalue weighted by Gasteiger charge is -2.30. The first kappa shape index (κ1) is 59.1. The van der Waals surface area contributed by atoms with Crippen LogP contribution in [0.5, 0.6) is 0 Å². The van der Waals surface area contributed by atoms with Gasteiger partial charge in [0.15, 0.2) is 17.7 Å². The van der Waals surface area contributed by atoms with Crippen LogP contribution in [0, 0.1) is 5.41 Å². The van der Waals surface area contributed by atoms with Gasteiger partial charge in [-0.15, -0.1) is 11.8 Å². The molecule has 4 amide bonds. The molecule has 0 bridgehead atoms. The van der Waals surface area contributed by atoms with E-state index in [4.69, 9.17) is 25.3 Å². The first-order chi connectivity index (χ1) is 31.9. The molecule has 2 aromatic rings. The van der Waals surface area contributed by atoms with Crippen molar-refractivity contribution in [3.63, 3.8) is 0 Å². The highest BCUT2D eigenvalue weighted by Gasteiger charge is 2.50. The third-order valence-electron chi connectivity index (χ3n) is 10.4. The molecule has 68 heavy (non-hydrogen) atoms. The summed E-state index contributed by atoms with van der Waals surface area (Å²) < 4.78 is 62.5. The zero-order chi connectivity index (χ0) is 50.7. The molecule has 3 heterocycles. The van der Waals surface area contributed by atoms with Gasteiger partial charge in [-0.05, 0) is 6.42 Å². The number of nitrogens with two attached hydrogens (primary N) is 2. The molecule has 2 aromatic heterocycles. The van der Waals surface area contributed by atoms with E-state index in [0.29, 0.717) is 12.2 Å². The maximum absolute atomic E-state index is 12.8. The van der Waals surface area contributed by atoms with Crippen LogP contribution >= 0.6 is 35.2 Å². The van der Waals surface area contributed by atoms with E-state index in [-0.39, 0.29) is 48.9 Å². The summed E-state index contributed by atoms with van der Waals surface area (Å²) >= 11 is 1.33. The van der Waals surface area contributed by atoms with E-state index in [2.05, 4.69) is 46.7 Å². The number of rotatable bonds is 34. The Kier molecular flexibility index (Phi) is 24.4. The molecule has 388 valence electrons. The van der Waals surface area contributed by atoms with Crippen LogP contribution in [0.1, 0.15) is 104 Å². The molecule has 1 saturated heterocycles. The maximum atomic E-state index is 12.8. The van der Waals surface area contributed by atoms with E-state index in [1.54, 1.807) is 0 Å². The van der Waals surface area contributed by atoms with E-state index in [0.717, 1.165) is 42.9 Å². The third-order valence-corrected chi connectivity index (χ3v) is 14.8. The van der Waals surface area contributed by atoms with Gasteiger partial charge in [-0.2, -0.15) is 4.31 Å². The molecule has 0 aliphatic carbocycles. The van der Waals surface area contributed by atoms with E-state index in [1.807, 2.05) is 0 Å². The molecule has 0 saturated carbocycles. The van der Waals surface area contributed by atoms with Crippen molar-refractivity contribution < 1.29 is 85.3 Å². The normalized spacial score (nSPS) is 20.3. The van der Waals surface area contributed by atoms with Crippen LogP contribution in [0.3, 0.4) is 0 Å². The number of hydrogen-bond acceptors (Lipinski definition) is 19. The molecule has 13 N–H and O–H groups in total. The fraction of sp³-hybridized carbons (Fsp3) is 0.757. The quantitative estimate of drug-likeness (QED) is 0.0349. The van der Waals surface area contributed by atoms with Crippen LogP contribution in [0.4, 0.5) is 5.82 Å². The molecule has 3 rings (SSSR count). The van der Waals surface area contributed by atoms with Crippen molar-refractivity contribution in [2.24, 2.45) is 11.1 Å². The summed E-state index contributed by atoms with van der Waals surface area (Å²) in [6.07, 6.45) is 4.94. The number of phosphoric ester groups is 3. The number of unbranched alkanes of at least 4 members (excludes halogenated alkanes) is 9. The van der Waals surface area contributed by atoms with E-state index in [1.165, 1.54) is 64.1 Å². The van der Waals surface area contributed by atoms with Gasteiger partial charge < -0.3 is 61.9 Å². The summed E-state index contributed by atoms with van der Waals surface area (Å²) in [6, 6.07) is 0. The number of aromatic nitrogens is 4. The van der Waals surface area contributed by atoms with Gasteiger partial charge >= 0.3 is 23.5 Å². The molecule has 0 spiro atoms. The average molecular weight is 1050 g/mol. The number of ether oxygens (including phenoxy) is 1. The van der Waals surface area contributed by atoms with Crippen LogP contribution in [0.2, 0.25) is 0 Å². The Morgan fingerprint density at radius 2 is 1.53 bits per heavy atom. The van der Waals surface area contributed by atoms with Crippen molar-refractivity contribution in [2.75, 3.05) is 44.3 Å². The van der Waals surface area contributed by atoms with Gasteiger partial charge in [0.05, 0.1) is 31.3 Å². The number of carbonyl (C=O) groups excluding carboxylic acids is 4. The number of nitrogens with one attached hydrogen (secondary N) is 3. The number of nitrogens with zero attached hydrogens (tertiary/aromatic N) is 4. The molecule has 1 fully saturated rings. The number of primary amides is 1. The Balaban J connectivity index is 1.42.